The van der Waals surface area contributed by atoms with Gasteiger partial charge in [-0.25, -0.2) is 0 Å². The van der Waals surface area contributed by atoms with E-state index in [1.54, 1.807) is 23.3 Å². The Hall–Kier alpha value is -0.200. The lowest BCUT2D eigenvalue weighted by atomic mass is 10.3. The van der Waals surface area contributed by atoms with Crippen LogP contribution in [0.5, 0.6) is 0 Å². The van der Waals surface area contributed by atoms with E-state index < -0.39 is 0 Å². The molecule has 6 heteroatoms. The second kappa shape index (κ2) is 5.84. The van der Waals surface area contributed by atoms with Crippen LogP contribution in [0.4, 0.5) is 0 Å². The minimum absolute atomic E-state index is 0.868. The zero-order valence-electron chi connectivity index (χ0n) is 9.97. The second-order valence-corrected chi connectivity index (χ2v) is 7.30. The third kappa shape index (κ3) is 3.03. The molecule has 18 heavy (non-hydrogen) atoms. The Kier molecular flexibility index (Phi) is 4.16. The summed E-state index contributed by atoms with van der Waals surface area (Å²) in [6.07, 6.45) is 4.30. The van der Waals surface area contributed by atoms with Gasteiger partial charge in [-0.1, -0.05) is 11.6 Å². The van der Waals surface area contributed by atoms with E-state index in [1.807, 2.05) is 6.07 Å². The van der Waals surface area contributed by atoms with Crippen molar-refractivity contribution in [2.75, 3.05) is 39.4 Å². The minimum atomic E-state index is 0.868. The van der Waals surface area contributed by atoms with Crippen LogP contribution in [0.15, 0.2) is 16.5 Å². The first-order chi connectivity index (χ1) is 8.81. The van der Waals surface area contributed by atoms with Gasteiger partial charge in [-0.2, -0.15) is 0 Å². The maximum absolute atomic E-state index is 6.03. The van der Waals surface area contributed by atoms with Crippen LogP contribution in [0.2, 0.25) is 4.34 Å². The van der Waals surface area contributed by atoms with Crippen molar-refractivity contribution in [2.24, 2.45) is 0 Å². The molecule has 3 nitrogen and oxygen atoms in total. The standard InChI is InChI=1S/C12H15ClN2OS2/c13-11-9-10-1-2-15(18-12(10)17-11)4-3-14-5-7-16-8-6-14/h1-2,9H,3-8H2. The van der Waals surface area contributed by atoms with Crippen LogP contribution in [0.1, 0.15) is 5.56 Å². The van der Waals surface area contributed by atoms with Gasteiger partial charge in [-0.3, -0.25) is 4.90 Å². The lowest BCUT2D eigenvalue weighted by molar-refractivity contribution is 0.0373. The molecule has 1 fully saturated rings. The maximum Gasteiger partial charge on any atom is 0.0947 e. The van der Waals surface area contributed by atoms with Gasteiger partial charge in [0.25, 0.3) is 0 Å². The molecule has 2 aliphatic rings. The highest BCUT2D eigenvalue weighted by Crippen LogP contribution is 2.40. The van der Waals surface area contributed by atoms with Gasteiger partial charge >= 0.3 is 0 Å². The highest BCUT2D eigenvalue weighted by atomic mass is 35.5. The number of hydrogen-bond acceptors (Lipinski definition) is 5. The smallest absolute Gasteiger partial charge is 0.0947 e. The molecule has 0 amide bonds. The molecule has 0 atom stereocenters. The van der Waals surface area contributed by atoms with Gasteiger partial charge in [0.15, 0.2) is 0 Å². The molecule has 0 N–H and O–H groups in total. The third-order valence-corrected chi connectivity index (χ3v) is 5.54. The van der Waals surface area contributed by atoms with E-state index in [0.717, 1.165) is 43.7 Å². The van der Waals surface area contributed by atoms with Gasteiger partial charge in [0.05, 0.1) is 21.8 Å². The van der Waals surface area contributed by atoms with Crippen molar-refractivity contribution in [3.05, 3.63) is 22.2 Å². The van der Waals surface area contributed by atoms with Crippen LogP contribution >= 0.6 is 34.9 Å². The van der Waals surface area contributed by atoms with Gasteiger partial charge < -0.3 is 9.04 Å². The Morgan fingerprint density at radius 1 is 1.28 bits per heavy atom. The molecule has 1 aromatic rings. The van der Waals surface area contributed by atoms with E-state index in [1.165, 1.54) is 9.77 Å². The molecule has 1 saturated heterocycles. The maximum atomic E-state index is 6.03. The average molecular weight is 303 g/mol. The molecule has 2 aliphatic heterocycles. The zero-order chi connectivity index (χ0) is 12.4. The summed E-state index contributed by atoms with van der Waals surface area (Å²) in [5.74, 6) is 0. The minimum Gasteiger partial charge on any atom is -0.379 e. The number of thiophene rings is 1. The van der Waals surface area contributed by atoms with Crippen molar-refractivity contribution in [1.82, 2.24) is 9.21 Å². The van der Waals surface area contributed by atoms with Crippen molar-refractivity contribution in [3.8, 4) is 0 Å². The number of fused-ring (bicyclic) bond motifs is 1. The number of ether oxygens (including phenoxy) is 1. The van der Waals surface area contributed by atoms with Gasteiger partial charge in [-0.15, -0.1) is 11.3 Å². The van der Waals surface area contributed by atoms with E-state index in [2.05, 4.69) is 21.5 Å². The van der Waals surface area contributed by atoms with Crippen LogP contribution in [-0.4, -0.2) is 48.6 Å². The van der Waals surface area contributed by atoms with E-state index in [0.29, 0.717) is 0 Å². The second-order valence-electron chi connectivity index (χ2n) is 4.30. The normalized spacial score (nSPS) is 20.2. The topological polar surface area (TPSA) is 15.7 Å². The summed E-state index contributed by atoms with van der Waals surface area (Å²) in [6, 6.07) is 2.03. The highest BCUT2D eigenvalue weighted by Gasteiger charge is 2.16. The Balaban J connectivity index is 1.53. The SMILES string of the molecule is Clc1cc2c(s1)SN(CCN1CCOCC1)C=C2. The number of hydrogen-bond donors (Lipinski definition) is 0. The summed E-state index contributed by atoms with van der Waals surface area (Å²) in [5.41, 5.74) is 1.25. The van der Waals surface area contributed by atoms with Gasteiger partial charge in [0.1, 0.15) is 0 Å². The van der Waals surface area contributed by atoms with E-state index >= 15 is 0 Å². The summed E-state index contributed by atoms with van der Waals surface area (Å²) >= 11 is 9.47. The molecule has 0 radical (unpaired) electrons. The molecule has 0 saturated carbocycles. The predicted molar refractivity (Wildman–Crippen MR) is 78.2 cm³/mol. The van der Waals surface area contributed by atoms with E-state index in [4.69, 9.17) is 16.3 Å². The Bertz CT molecular complexity index is 443. The third-order valence-electron chi connectivity index (χ3n) is 3.06. The Morgan fingerprint density at radius 2 is 2.11 bits per heavy atom. The predicted octanol–water partition coefficient (Wildman–Crippen LogP) is 3.03. The molecule has 3 heterocycles. The van der Waals surface area contributed by atoms with Gasteiger partial charge in [0.2, 0.25) is 0 Å². The quantitative estimate of drug-likeness (QED) is 0.797. The molecular weight excluding hydrogens is 288 g/mol. The number of rotatable bonds is 3. The van der Waals surface area contributed by atoms with Crippen molar-refractivity contribution in [1.29, 1.82) is 0 Å². The first kappa shape index (κ1) is 12.8. The first-order valence-electron chi connectivity index (χ1n) is 6.03. The fraction of sp³-hybridized carbons (Fsp3) is 0.500. The van der Waals surface area contributed by atoms with Crippen LogP contribution < -0.4 is 0 Å². The fourth-order valence-corrected chi connectivity index (χ4v) is 4.57. The van der Waals surface area contributed by atoms with E-state index in [-0.39, 0.29) is 0 Å². The molecule has 0 unspecified atom stereocenters. The fourth-order valence-electron chi connectivity index (χ4n) is 2.03. The molecule has 98 valence electrons. The van der Waals surface area contributed by atoms with Crippen LogP contribution in [0, 0.1) is 0 Å². The molecule has 1 aromatic heterocycles. The average Bonchev–Trinajstić information content (AvgIpc) is 2.77. The first-order valence-corrected chi connectivity index (χ1v) is 8.00. The Morgan fingerprint density at radius 3 is 2.94 bits per heavy atom. The largest absolute Gasteiger partial charge is 0.379 e. The molecule has 0 bridgehead atoms. The highest BCUT2D eigenvalue weighted by molar-refractivity contribution is 7.99. The summed E-state index contributed by atoms with van der Waals surface area (Å²) in [5, 5.41) is 0. The van der Waals surface area contributed by atoms with Crippen molar-refractivity contribution in [3.63, 3.8) is 0 Å². The summed E-state index contributed by atoms with van der Waals surface area (Å²) < 4.78 is 9.80. The molecule has 0 spiro atoms. The van der Waals surface area contributed by atoms with Gasteiger partial charge in [-0.05, 0) is 24.1 Å². The lowest BCUT2D eigenvalue weighted by Gasteiger charge is -2.29. The molecule has 0 aromatic carbocycles. The number of morpholine rings is 1. The molecule has 3 rings (SSSR count). The summed E-state index contributed by atoms with van der Waals surface area (Å²) in [6.45, 7) is 5.98. The number of nitrogens with zero attached hydrogens (tertiary/aromatic N) is 2. The molecular formula is C12H15ClN2OS2. The van der Waals surface area contributed by atoms with E-state index in [9.17, 15) is 0 Å². The van der Waals surface area contributed by atoms with Gasteiger partial charge in [0, 0.05) is 37.9 Å². The zero-order valence-corrected chi connectivity index (χ0v) is 12.4. The molecule has 0 aliphatic carbocycles. The van der Waals surface area contributed by atoms with Crippen molar-refractivity contribution >= 4 is 41.0 Å². The Labute approximate surface area is 120 Å². The lowest BCUT2D eigenvalue weighted by Crippen LogP contribution is -2.39. The van der Waals surface area contributed by atoms with Crippen LogP contribution in [0.3, 0.4) is 0 Å². The van der Waals surface area contributed by atoms with Crippen molar-refractivity contribution < 1.29 is 4.74 Å². The summed E-state index contributed by atoms with van der Waals surface area (Å²) in [7, 11) is 0. The van der Waals surface area contributed by atoms with Crippen LogP contribution in [-0.2, 0) is 4.74 Å². The summed E-state index contributed by atoms with van der Waals surface area (Å²) in [4.78, 5) is 2.45. The monoisotopic (exact) mass is 302 g/mol. The number of halogens is 1. The van der Waals surface area contributed by atoms with Crippen LogP contribution in [0.25, 0.3) is 6.08 Å². The van der Waals surface area contributed by atoms with Crippen molar-refractivity contribution in [2.45, 2.75) is 4.21 Å².